The van der Waals surface area contributed by atoms with Crippen LogP contribution in [0.4, 0.5) is 13.2 Å². The zero-order valence-corrected chi connectivity index (χ0v) is 20.2. The van der Waals surface area contributed by atoms with Gasteiger partial charge >= 0.3 is 12.1 Å². The Morgan fingerprint density at radius 3 is 2.69 bits per heavy atom. The molecule has 1 saturated carbocycles. The maximum atomic E-state index is 13.8. The van der Waals surface area contributed by atoms with Crippen molar-refractivity contribution < 1.29 is 32.5 Å². The van der Waals surface area contributed by atoms with E-state index in [2.05, 4.69) is 4.98 Å². The third-order valence-corrected chi connectivity index (χ3v) is 7.49. The lowest BCUT2D eigenvalue weighted by Crippen LogP contribution is -2.18. The van der Waals surface area contributed by atoms with Crippen LogP contribution in [0.5, 0.6) is 5.75 Å². The number of H-pyrrole nitrogens is 1. The molecule has 0 bridgehead atoms. The zero-order chi connectivity index (χ0) is 25.4. The Morgan fingerprint density at radius 2 is 1.97 bits per heavy atom. The number of aromatic nitrogens is 1. The maximum absolute atomic E-state index is 13.8. The predicted molar refractivity (Wildman–Crippen MR) is 129 cm³/mol. The minimum Gasteiger partial charge on any atom is -0.489 e. The lowest BCUT2D eigenvalue weighted by atomic mass is 9.90. The van der Waals surface area contributed by atoms with Crippen molar-refractivity contribution in [1.82, 2.24) is 4.98 Å². The van der Waals surface area contributed by atoms with Crippen molar-refractivity contribution in [3.05, 3.63) is 64.3 Å². The third kappa shape index (κ3) is 4.83. The topological polar surface area (TPSA) is 71.6 Å². The van der Waals surface area contributed by atoms with Gasteiger partial charge in [0.1, 0.15) is 12.4 Å². The minimum atomic E-state index is -4.50. The maximum Gasteiger partial charge on any atom is 0.416 e. The standard InChI is InChI=1S/C28H30F3NO4/c1-2-35-26(34)13-17-7-10-21-22-14-18(8-11-24(22)32-27(17)21)36-15-16-6-9-19(20-4-3-5-25(20)33)23(12-16)28(29,30)31/h6,8-9,11-12,14,17,20,25,32-33H,2-5,7,10,13,15H2,1H3. The number of carbonyl (C=O) groups is 1. The predicted octanol–water partition coefficient (Wildman–Crippen LogP) is 6.38. The molecule has 5 nitrogen and oxygen atoms in total. The molecule has 3 unspecified atom stereocenters. The Bertz CT molecular complexity index is 1270. The summed E-state index contributed by atoms with van der Waals surface area (Å²) in [7, 11) is 0. The molecule has 1 heterocycles. The third-order valence-electron chi connectivity index (χ3n) is 7.49. The fourth-order valence-corrected chi connectivity index (χ4v) is 5.78. The van der Waals surface area contributed by atoms with E-state index < -0.39 is 23.8 Å². The van der Waals surface area contributed by atoms with Crippen molar-refractivity contribution in [1.29, 1.82) is 0 Å². The van der Waals surface area contributed by atoms with Crippen molar-refractivity contribution in [3.8, 4) is 5.75 Å². The Kier molecular flexibility index (Phi) is 6.72. The van der Waals surface area contributed by atoms with E-state index in [1.165, 1.54) is 6.07 Å². The lowest BCUT2D eigenvalue weighted by Gasteiger charge is -2.21. The van der Waals surface area contributed by atoms with Gasteiger partial charge in [-0.15, -0.1) is 0 Å². The first-order valence-electron chi connectivity index (χ1n) is 12.6. The molecule has 192 valence electrons. The van der Waals surface area contributed by atoms with Crippen molar-refractivity contribution in [2.75, 3.05) is 6.61 Å². The fraction of sp³-hybridized carbons (Fsp3) is 0.464. The molecule has 1 aromatic heterocycles. The average molecular weight is 502 g/mol. The number of alkyl halides is 3. The number of esters is 1. The number of benzene rings is 2. The summed E-state index contributed by atoms with van der Waals surface area (Å²) in [5.74, 6) is -0.0254. The van der Waals surface area contributed by atoms with Gasteiger partial charge in [0, 0.05) is 28.4 Å². The summed E-state index contributed by atoms with van der Waals surface area (Å²) >= 11 is 0. The number of aliphatic hydroxyl groups is 1. The second kappa shape index (κ2) is 9.81. The van der Waals surface area contributed by atoms with Crippen LogP contribution in [-0.4, -0.2) is 28.8 Å². The molecule has 5 rings (SSSR count). The molecular formula is C28H30F3NO4. The van der Waals surface area contributed by atoms with Gasteiger partial charge in [-0.05, 0) is 73.6 Å². The summed E-state index contributed by atoms with van der Waals surface area (Å²) < 4.78 is 52.5. The molecule has 2 N–H and O–H groups in total. The van der Waals surface area contributed by atoms with Crippen LogP contribution >= 0.6 is 0 Å². The SMILES string of the molecule is CCOC(=O)CC1CCc2c1[nH]c1ccc(OCc3ccc(C4CCCC4O)c(C(F)(F)F)c3)cc21. The van der Waals surface area contributed by atoms with E-state index in [4.69, 9.17) is 9.47 Å². The second-order valence-electron chi connectivity index (χ2n) is 9.78. The molecule has 8 heteroatoms. The Hall–Kier alpha value is -3.00. The van der Waals surface area contributed by atoms with Crippen LogP contribution < -0.4 is 4.74 Å². The number of rotatable bonds is 7. The molecule has 1 fully saturated rings. The minimum absolute atomic E-state index is 0.000182. The first kappa shape index (κ1) is 24.7. The number of hydrogen-bond donors (Lipinski definition) is 2. The van der Waals surface area contributed by atoms with Gasteiger partial charge in [0.2, 0.25) is 0 Å². The van der Waals surface area contributed by atoms with E-state index >= 15 is 0 Å². The number of aliphatic hydroxyl groups excluding tert-OH is 1. The van der Waals surface area contributed by atoms with Gasteiger partial charge in [0.25, 0.3) is 0 Å². The Balaban J connectivity index is 1.34. The fourth-order valence-electron chi connectivity index (χ4n) is 5.78. The van der Waals surface area contributed by atoms with Crippen LogP contribution in [0, 0.1) is 0 Å². The number of hydrogen-bond acceptors (Lipinski definition) is 4. The lowest BCUT2D eigenvalue weighted by molar-refractivity contribution is -0.143. The van der Waals surface area contributed by atoms with E-state index in [0.29, 0.717) is 37.2 Å². The van der Waals surface area contributed by atoms with E-state index in [1.54, 1.807) is 19.1 Å². The summed E-state index contributed by atoms with van der Waals surface area (Å²) in [5, 5.41) is 11.2. The van der Waals surface area contributed by atoms with Gasteiger partial charge < -0.3 is 19.6 Å². The van der Waals surface area contributed by atoms with Crippen LogP contribution in [-0.2, 0) is 28.7 Å². The van der Waals surface area contributed by atoms with Gasteiger partial charge in [-0.2, -0.15) is 13.2 Å². The molecule has 0 saturated heterocycles. The highest BCUT2D eigenvalue weighted by Gasteiger charge is 2.38. The largest absolute Gasteiger partial charge is 0.489 e. The van der Waals surface area contributed by atoms with Gasteiger partial charge in [0.15, 0.2) is 0 Å². The molecule has 3 aromatic rings. The monoisotopic (exact) mass is 501 g/mol. The first-order chi connectivity index (χ1) is 17.2. The number of ether oxygens (including phenoxy) is 2. The number of aryl methyl sites for hydroxylation is 1. The zero-order valence-electron chi connectivity index (χ0n) is 20.2. The average Bonchev–Trinajstić information content (AvgIpc) is 3.53. The summed E-state index contributed by atoms with van der Waals surface area (Å²) in [6, 6.07) is 9.89. The van der Waals surface area contributed by atoms with Crippen molar-refractivity contribution in [2.45, 2.75) is 76.2 Å². The summed E-state index contributed by atoms with van der Waals surface area (Å²) in [6.45, 7) is 2.16. The van der Waals surface area contributed by atoms with Crippen molar-refractivity contribution in [2.24, 2.45) is 0 Å². The van der Waals surface area contributed by atoms with Crippen LogP contribution in [0.1, 0.15) is 78.8 Å². The van der Waals surface area contributed by atoms with Gasteiger partial charge in [0.05, 0.1) is 24.7 Å². The molecule has 2 aliphatic carbocycles. The number of aromatic amines is 1. The number of nitrogens with one attached hydrogen (secondary N) is 1. The van der Waals surface area contributed by atoms with Crippen LogP contribution in [0.25, 0.3) is 10.9 Å². The number of halogens is 3. The summed E-state index contributed by atoms with van der Waals surface area (Å²) in [6.07, 6.45) is -1.38. The number of carbonyl (C=O) groups excluding carboxylic acids is 1. The molecule has 0 aliphatic heterocycles. The van der Waals surface area contributed by atoms with Crippen LogP contribution in [0.2, 0.25) is 0 Å². The van der Waals surface area contributed by atoms with Crippen molar-refractivity contribution >= 4 is 16.9 Å². The van der Waals surface area contributed by atoms with E-state index in [-0.39, 0.29) is 24.1 Å². The summed E-state index contributed by atoms with van der Waals surface area (Å²) in [5.41, 5.74) is 3.05. The molecule has 2 aromatic carbocycles. The van der Waals surface area contributed by atoms with E-state index in [0.717, 1.165) is 47.5 Å². The highest BCUT2D eigenvalue weighted by atomic mass is 19.4. The highest BCUT2D eigenvalue weighted by Crippen LogP contribution is 2.43. The molecule has 0 radical (unpaired) electrons. The second-order valence-corrected chi connectivity index (χ2v) is 9.78. The highest BCUT2D eigenvalue weighted by molar-refractivity contribution is 5.87. The molecule has 3 atom stereocenters. The van der Waals surface area contributed by atoms with E-state index in [1.807, 2.05) is 12.1 Å². The normalized spacial score (nSPS) is 21.6. The molecule has 0 spiro atoms. The quantitative estimate of drug-likeness (QED) is 0.369. The van der Waals surface area contributed by atoms with E-state index in [9.17, 15) is 23.1 Å². The van der Waals surface area contributed by atoms with Gasteiger partial charge in [-0.1, -0.05) is 18.6 Å². The Labute approximate surface area is 207 Å². The molecule has 36 heavy (non-hydrogen) atoms. The Morgan fingerprint density at radius 1 is 1.14 bits per heavy atom. The van der Waals surface area contributed by atoms with Crippen LogP contribution in [0.15, 0.2) is 36.4 Å². The smallest absolute Gasteiger partial charge is 0.416 e. The molecule has 0 amide bonds. The number of fused-ring (bicyclic) bond motifs is 3. The summed E-state index contributed by atoms with van der Waals surface area (Å²) in [4.78, 5) is 15.4. The van der Waals surface area contributed by atoms with Gasteiger partial charge in [-0.25, -0.2) is 0 Å². The van der Waals surface area contributed by atoms with Crippen LogP contribution in [0.3, 0.4) is 0 Å². The molecule has 2 aliphatic rings. The van der Waals surface area contributed by atoms with Gasteiger partial charge in [-0.3, -0.25) is 4.79 Å². The first-order valence-corrected chi connectivity index (χ1v) is 12.6. The molecular weight excluding hydrogens is 471 g/mol. The van der Waals surface area contributed by atoms with Crippen molar-refractivity contribution in [3.63, 3.8) is 0 Å².